The molecule has 1 amide bonds. The molecular weight excluding hydrogens is 316 g/mol. The second-order valence-corrected chi connectivity index (χ2v) is 5.38. The lowest BCUT2D eigenvalue weighted by Crippen LogP contribution is -2.19. The van der Waals surface area contributed by atoms with E-state index >= 15 is 0 Å². The Morgan fingerprint density at radius 1 is 1.16 bits per heavy atom. The van der Waals surface area contributed by atoms with E-state index < -0.39 is 0 Å². The Labute approximate surface area is 145 Å². The molecule has 0 aliphatic heterocycles. The first-order valence-electron chi connectivity index (χ1n) is 7.77. The third kappa shape index (κ3) is 3.58. The van der Waals surface area contributed by atoms with Gasteiger partial charge in [-0.15, -0.1) is 0 Å². The highest BCUT2D eigenvalue weighted by Gasteiger charge is 2.16. The van der Waals surface area contributed by atoms with Gasteiger partial charge < -0.3 is 4.74 Å². The van der Waals surface area contributed by atoms with E-state index in [0.717, 1.165) is 22.4 Å². The zero-order valence-electron chi connectivity index (χ0n) is 14.0. The smallest absolute Gasteiger partial charge is 0.289 e. The number of nitrogens with zero attached hydrogens (tertiary/aromatic N) is 2. The van der Waals surface area contributed by atoms with Crippen LogP contribution >= 0.6 is 0 Å². The van der Waals surface area contributed by atoms with Crippen LogP contribution in [0.3, 0.4) is 0 Å². The van der Waals surface area contributed by atoms with E-state index in [4.69, 9.17) is 4.74 Å². The number of hydrogen-bond donors (Lipinski definition) is 2. The van der Waals surface area contributed by atoms with E-state index in [0.29, 0.717) is 11.4 Å². The van der Waals surface area contributed by atoms with Gasteiger partial charge in [0.05, 0.1) is 19.0 Å². The number of amides is 1. The van der Waals surface area contributed by atoms with Crippen LogP contribution in [-0.2, 0) is 0 Å². The number of benzene rings is 2. The first kappa shape index (κ1) is 16.4. The van der Waals surface area contributed by atoms with Crippen molar-refractivity contribution in [1.29, 1.82) is 0 Å². The van der Waals surface area contributed by atoms with Crippen molar-refractivity contribution >= 4 is 12.1 Å². The molecule has 126 valence electrons. The molecule has 0 radical (unpaired) electrons. The maximum atomic E-state index is 12.3. The number of rotatable bonds is 5. The maximum Gasteiger partial charge on any atom is 0.289 e. The predicted octanol–water partition coefficient (Wildman–Crippen LogP) is 3.16. The van der Waals surface area contributed by atoms with E-state index in [-0.39, 0.29) is 5.91 Å². The summed E-state index contributed by atoms with van der Waals surface area (Å²) in [5, 5.41) is 11.0. The van der Waals surface area contributed by atoms with Crippen LogP contribution < -0.4 is 10.2 Å². The third-order valence-electron chi connectivity index (χ3n) is 3.79. The largest absolute Gasteiger partial charge is 0.496 e. The van der Waals surface area contributed by atoms with E-state index in [2.05, 4.69) is 20.7 Å². The van der Waals surface area contributed by atoms with Gasteiger partial charge in [-0.2, -0.15) is 10.2 Å². The molecule has 0 aliphatic rings. The number of methoxy groups -OCH3 is 1. The van der Waals surface area contributed by atoms with Gasteiger partial charge in [0.1, 0.15) is 11.4 Å². The summed E-state index contributed by atoms with van der Waals surface area (Å²) in [6.07, 6.45) is 1.54. The number of H-pyrrole nitrogens is 1. The van der Waals surface area contributed by atoms with Gasteiger partial charge in [0.2, 0.25) is 0 Å². The fraction of sp³-hybridized carbons (Fsp3) is 0.105. The first-order valence-corrected chi connectivity index (χ1v) is 7.77. The number of hydrazone groups is 1. The summed E-state index contributed by atoms with van der Waals surface area (Å²) in [7, 11) is 1.59. The standard InChI is InChI=1S/C19H18N4O2/c1-13-17(14-8-4-3-5-9-14)21-22-18(13)19(24)23-20-12-15-10-6-7-11-16(15)25-2/h3-12H,1-2H3,(H,21,22)(H,23,24)/b20-12+. The Morgan fingerprint density at radius 2 is 1.88 bits per heavy atom. The fourth-order valence-corrected chi connectivity index (χ4v) is 2.49. The molecule has 3 rings (SSSR count). The molecule has 0 atom stereocenters. The topological polar surface area (TPSA) is 79.4 Å². The lowest BCUT2D eigenvalue weighted by atomic mass is 10.1. The number of nitrogens with one attached hydrogen (secondary N) is 2. The molecule has 0 fully saturated rings. The minimum Gasteiger partial charge on any atom is -0.496 e. The molecule has 0 aliphatic carbocycles. The molecule has 0 bridgehead atoms. The van der Waals surface area contributed by atoms with Crippen LogP contribution in [0.4, 0.5) is 0 Å². The van der Waals surface area contributed by atoms with Crippen LogP contribution in [-0.4, -0.2) is 29.4 Å². The molecule has 0 unspecified atom stereocenters. The van der Waals surface area contributed by atoms with Gasteiger partial charge in [-0.05, 0) is 19.1 Å². The van der Waals surface area contributed by atoms with E-state index in [9.17, 15) is 4.79 Å². The van der Waals surface area contributed by atoms with Crippen molar-refractivity contribution in [3.05, 3.63) is 71.4 Å². The Kier molecular flexibility index (Phi) is 4.89. The Balaban J connectivity index is 1.74. The minimum atomic E-state index is -0.349. The molecule has 25 heavy (non-hydrogen) atoms. The maximum absolute atomic E-state index is 12.3. The van der Waals surface area contributed by atoms with Crippen molar-refractivity contribution in [1.82, 2.24) is 15.6 Å². The quantitative estimate of drug-likeness (QED) is 0.556. The van der Waals surface area contributed by atoms with Gasteiger partial charge >= 0.3 is 0 Å². The first-order chi connectivity index (χ1) is 12.2. The van der Waals surface area contributed by atoms with Gasteiger partial charge in [0.15, 0.2) is 0 Å². The summed E-state index contributed by atoms with van der Waals surface area (Å²) in [4.78, 5) is 12.3. The predicted molar refractivity (Wildman–Crippen MR) is 96.8 cm³/mol. The average molecular weight is 334 g/mol. The van der Waals surface area contributed by atoms with Crippen LogP contribution in [0.2, 0.25) is 0 Å². The van der Waals surface area contributed by atoms with Crippen LogP contribution in [0, 0.1) is 6.92 Å². The lowest BCUT2D eigenvalue weighted by Gasteiger charge is -2.03. The summed E-state index contributed by atoms with van der Waals surface area (Å²) in [6.45, 7) is 1.85. The number of carbonyl (C=O) groups excluding carboxylic acids is 1. The van der Waals surface area contributed by atoms with Crippen molar-refractivity contribution in [3.8, 4) is 17.0 Å². The van der Waals surface area contributed by atoms with Crippen molar-refractivity contribution in [2.45, 2.75) is 6.92 Å². The molecule has 6 heteroatoms. The van der Waals surface area contributed by atoms with Crippen molar-refractivity contribution < 1.29 is 9.53 Å². The molecular formula is C19H18N4O2. The SMILES string of the molecule is COc1ccccc1/C=N/NC(=O)c1[nH]nc(-c2ccccc2)c1C. The minimum absolute atomic E-state index is 0.349. The molecule has 2 aromatic carbocycles. The van der Waals surface area contributed by atoms with E-state index in [1.807, 2.05) is 61.5 Å². The van der Waals surface area contributed by atoms with Gasteiger partial charge in [-0.3, -0.25) is 9.89 Å². The average Bonchev–Trinajstić information content (AvgIpc) is 3.04. The Bertz CT molecular complexity index is 901. The second-order valence-electron chi connectivity index (χ2n) is 5.38. The highest BCUT2D eigenvalue weighted by molar-refractivity contribution is 5.96. The molecule has 1 heterocycles. The Hall–Kier alpha value is -3.41. The highest BCUT2D eigenvalue weighted by Crippen LogP contribution is 2.22. The molecule has 6 nitrogen and oxygen atoms in total. The normalized spacial score (nSPS) is 10.8. The summed E-state index contributed by atoms with van der Waals surface area (Å²) in [5.74, 6) is 0.336. The van der Waals surface area contributed by atoms with Crippen molar-refractivity contribution in [3.63, 3.8) is 0 Å². The lowest BCUT2D eigenvalue weighted by molar-refractivity contribution is 0.0949. The van der Waals surface area contributed by atoms with Gasteiger partial charge in [0, 0.05) is 16.7 Å². The third-order valence-corrected chi connectivity index (χ3v) is 3.79. The van der Waals surface area contributed by atoms with E-state index in [1.165, 1.54) is 0 Å². The summed E-state index contributed by atoms with van der Waals surface area (Å²) in [5.41, 5.74) is 6.14. The van der Waals surface area contributed by atoms with Crippen LogP contribution in [0.15, 0.2) is 59.7 Å². The van der Waals surface area contributed by atoms with Gasteiger partial charge in [0.25, 0.3) is 5.91 Å². The molecule has 0 saturated heterocycles. The number of carbonyl (C=O) groups is 1. The molecule has 3 aromatic rings. The molecule has 2 N–H and O–H groups in total. The van der Waals surface area contributed by atoms with Crippen molar-refractivity contribution in [2.75, 3.05) is 7.11 Å². The number of ether oxygens (including phenoxy) is 1. The fourth-order valence-electron chi connectivity index (χ4n) is 2.49. The molecule has 1 aromatic heterocycles. The van der Waals surface area contributed by atoms with Crippen molar-refractivity contribution in [2.24, 2.45) is 5.10 Å². The highest BCUT2D eigenvalue weighted by atomic mass is 16.5. The summed E-state index contributed by atoms with van der Waals surface area (Å²) in [6, 6.07) is 17.1. The van der Waals surface area contributed by atoms with Gasteiger partial charge in [-0.1, -0.05) is 42.5 Å². The monoisotopic (exact) mass is 334 g/mol. The number of para-hydroxylation sites is 1. The van der Waals surface area contributed by atoms with Crippen LogP contribution in [0.25, 0.3) is 11.3 Å². The molecule has 0 saturated carbocycles. The van der Waals surface area contributed by atoms with Crippen LogP contribution in [0.1, 0.15) is 21.6 Å². The van der Waals surface area contributed by atoms with Crippen LogP contribution in [0.5, 0.6) is 5.75 Å². The van der Waals surface area contributed by atoms with Gasteiger partial charge in [-0.25, -0.2) is 5.43 Å². The van der Waals surface area contributed by atoms with E-state index in [1.54, 1.807) is 13.3 Å². The summed E-state index contributed by atoms with van der Waals surface area (Å²) < 4.78 is 5.24. The number of aromatic amines is 1. The number of hydrogen-bond acceptors (Lipinski definition) is 4. The number of aromatic nitrogens is 2. The zero-order chi connectivity index (χ0) is 17.6. The summed E-state index contributed by atoms with van der Waals surface area (Å²) >= 11 is 0. The second kappa shape index (κ2) is 7.44. The molecule has 0 spiro atoms. The zero-order valence-corrected chi connectivity index (χ0v) is 14.0. The Morgan fingerprint density at radius 3 is 2.64 bits per heavy atom.